The highest BCUT2D eigenvalue weighted by Crippen LogP contribution is 2.27. The standard InChI is InChI=1S/C16H25NO2S/c1-4-6-15(16(18)19)20-14-8-5-7-13(9-14)11-17-10-12(2)3/h5,7-9,12,15,17H,4,6,10-11H2,1-3H3,(H,18,19). The van der Waals surface area contributed by atoms with Crippen LogP contribution in [0, 0.1) is 5.92 Å². The van der Waals surface area contributed by atoms with Crippen LogP contribution < -0.4 is 5.32 Å². The lowest BCUT2D eigenvalue weighted by molar-refractivity contribution is -0.136. The predicted octanol–water partition coefficient (Wildman–Crippen LogP) is 3.78. The Morgan fingerprint density at radius 2 is 2.15 bits per heavy atom. The van der Waals surface area contributed by atoms with Gasteiger partial charge in [0.1, 0.15) is 5.25 Å². The quantitative estimate of drug-likeness (QED) is 0.681. The summed E-state index contributed by atoms with van der Waals surface area (Å²) in [6, 6.07) is 8.15. The van der Waals surface area contributed by atoms with E-state index in [2.05, 4.69) is 31.3 Å². The van der Waals surface area contributed by atoms with Crippen LogP contribution in [-0.2, 0) is 11.3 Å². The summed E-state index contributed by atoms with van der Waals surface area (Å²) in [6.07, 6.45) is 1.59. The van der Waals surface area contributed by atoms with E-state index in [0.717, 1.165) is 24.4 Å². The van der Waals surface area contributed by atoms with Crippen molar-refractivity contribution in [2.45, 2.75) is 50.3 Å². The summed E-state index contributed by atoms with van der Waals surface area (Å²) in [6.45, 7) is 8.20. The fourth-order valence-corrected chi connectivity index (χ4v) is 3.05. The first kappa shape index (κ1) is 17.1. The first-order valence-electron chi connectivity index (χ1n) is 7.22. The zero-order chi connectivity index (χ0) is 15.0. The molecule has 0 radical (unpaired) electrons. The van der Waals surface area contributed by atoms with Gasteiger partial charge < -0.3 is 10.4 Å². The van der Waals surface area contributed by atoms with E-state index in [1.165, 1.54) is 17.3 Å². The molecule has 0 aromatic heterocycles. The maximum atomic E-state index is 11.2. The largest absolute Gasteiger partial charge is 0.480 e. The molecule has 112 valence electrons. The van der Waals surface area contributed by atoms with Gasteiger partial charge in [0.15, 0.2) is 0 Å². The summed E-state index contributed by atoms with van der Waals surface area (Å²) in [4.78, 5) is 12.2. The maximum absolute atomic E-state index is 11.2. The van der Waals surface area contributed by atoms with Crippen LogP contribution in [0.4, 0.5) is 0 Å². The molecule has 1 aromatic carbocycles. The Morgan fingerprint density at radius 3 is 2.75 bits per heavy atom. The van der Waals surface area contributed by atoms with Crippen LogP contribution in [-0.4, -0.2) is 22.9 Å². The van der Waals surface area contributed by atoms with Crippen molar-refractivity contribution in [3.63, 3.8) is 0 Å². The van der Waals surface area contributed by atoms with Crippen LogP contribution in [0.15, 0.2) is 29.2 Å². The van der Waals surface area contributed by atoms with Gasteiger partial charge in [0.05, 0.1) is 0 Å². The van der Waals surface area contributed by atoms with Gasteiger partial charge in [0.2, 0.25) is 0 Å². The Hall–Kier alpha value is -1.00. The second-order valence-corrected chi connectivity index (χ2v) is 6.68. The minimum absolute atomic E-state index is 0.348. The van der Waals surface area contributed by atoms with Gasteiger partial charge in [-0.25, -0.2) is 0 Å². The maximum Gasteiger partial charge on any atom is 0.316 e. The molecule has 2 N–H and O–H groups in total. The minimum atomic E-state index is -0.722. The minimum Gasteiger partial charge on any atom is -0.480 e. The third-order valence-corrected chi connectivity index (χ3v) is 4.13. The fourth-order valence-electron chi connectivity index (χ4n) is 1.89. The zero-order valence-electron chi connectivity index (χ0n) is 12.6. The van der Waals surface area contributed by atoms with E-state index in [1.54, 1.807) is 0 Å². The Labute approximate surface area is 126 Å². The third kappa shape index (κ3) is 6.44. The number of benzene rings is 1. The molecule has 1 aromatic rings. The number of rotatable bonds is 9. The molecule has 1 unspecified atom stereocenters. The number of nitrogens with one attached hydrogen (secondary N) is 1. The highest BCUT2D eigenvalue weighted by Gasteiger charge is 2.17. The van der Waals surface area contributed by atoms with Gasteiger partial charge in [-0.05, 0) is 36.6 Å². The fraction of sp³-hybridized carbons (Fsp3) is 0.562. The number of carboxylic acids is 1. The molecule has 0 amide bonds. The average molecular weight is 295 g/mol. The first-order chi connectivity index (χ1) is 9.52. The lowest BCUT2D eigenvalue weighted by Gasteiger charge is -2.12. The zero-order valence-corrected chi connectivity index (χ0v) is 13.4. The first-order valence-corrected chi connectivity index (χ1v) is 8.10. The van der Waals surface area contributed by atoms with Gasteiger partial charge in [-0.3, -0.25) is 4.79 Å². The topological polar surface area (TPSA) is 49.3 Å². The molecule has 20 heavy (non-hydrogen) atoms. The molecule has 0 saturated carbocycles. The van der Waals surface area contributed by atoms with Crippen molar-refractivity contribution < 1.29 is 9.90 Å². The monoisotopic (exact) mass is 295 g/mol. The number of carbonyl (C=O) groups is 1. The van der Waals surface area contributed by atoms with E-state index in [1.807, 2.05) is 19.1 Å². The number of hydrogen-bond donors (Lipinski definition) is 2. The molecular weight excluding hydrogens is 270 g/mol. The van der Waals surface area contributed by atoms with Gasteiger partial charge in [-0.1, -0.05) is 39.3 Å². The second kappa shape index (κ2) is 9.03. The van der Waals surface area contributed by atoms with Gasteiger partial charge in [-0.2, -0.15) is 0 Å². The summed E-state index contributed by atoms with van der Waals surface area (Å²) < 4.78 is 0. The van der Waals surface area contributed by atoms with E-state index < -0.39 is 5.97 Å². The molecule has 1 rings (SSSR count). The number of carboxylic acid groups (broad SMARTS) is 1. The van der Waals surface area contributed by atoms with E-state index in [-0.39, 0.29) is 5.25 Å². The second-order valence-electron chi connectivity index (χ2n) is 5.41. The van der Waals surface area contributed by atoms with Crippen LogP contribution >= 0.6 is 11.8 Å². The normalized spacial score (nSPS) is 12.6. The highest BCUT2D eigenvalue weighted by molar-refractivity contribution is 8.00. The molecule has 0 heterocycles. The van der Waals surface area contributed by atoms with E-state index in [0.29, 0.717) is 12.3 Å². The Balaban J connectivity index is 2.60. The lowest BCUT2D eigenvalue weighted by Crippen LogP contribution is -2.19. The highest BCUT2D eigenvalue weighted by atomic mass is 32.2. The van der Waals surface area contributed by atoms with E-state index in [4.69, 9.17) is 0 Å². The van der Waals surface area contributed by atoms with Gasteiger partial charge in [0, 0.05) is 11.4 Å². The predicted molar refractivity (Wildman–Crippen MR) is 85.2 cm³/mol. The molecule has 3 nitrogen and oxygen atoms in total. The Bertz CT molecular complexity index is 421. The molecule has 0 aliphatic carbocycles. The Kier molecular flexibility index (Phi) is 7.70. The van der Waals surface area contributed by atoms with Crippen molar-refractivity contribution in [2.24, 2.45) is 5.92 Å². The van der Waals surface area contributed by atoms with Crippen molar-refractivity contribution in [3.8, 4) is 0 Å². The average Bonchev–Trinajstić information content (AvgIpc) is 2.38. The molecule has 0 bridgehead atoms. The van der Waals surface area contributed by atoms with E-state index in [9.17, 15) is 9.90 Å². The van der Waals surface area contributed by atoms with Crippen LogP contribution in [0.1, 0.15) is 39.2 Å². The van der Waals surface area contributed by atoms with Crippen LogP contribution in [0.5, 0.6) is 0 Å². The SMILES string of the molecule is CCCC(Sc1cccc(CNCC(C)C)c1)C(=O)O. The molecule has 0 saturated heterocycles. The molecule has 0 aliphatic rings. The van der Waals surface area contributed by atoms with Crippen LogP contribution in [0.2, 0.25) is 0 Å². The smallest absolute Gasteiger partial charge is 0.316 e. The lowest BCUT2D eigenvalue weighted by atomic mass is 10.2. The summed E-state index contributed by atoms with van der Waals surface area (Å²) >= 11 is 1.45. The summed E-state index contributed by atoms with van der Waals surface area (Å²) in [5.74, 6) is -0.0892. The van der Waals surface area contributed by atoms with Gasteiger partial charge >= 0.3 is 5.97 Å². The summed E-state index contributed by atoms with van der Waals surface area (Å²) in [5, 5.41) is 12.3. The number of thioether (sulfide) groups is 1. The van der Waals surface area contributed by atoms with Gasteiger partial charge in [0.25, 0.3) is 0 Å². The molecule has 0 spiro atoms. The number of aliphatic carboxylic acids is 1. The van der Waals surface area contributed by atoms with E-state index >= 15 is 0 Å². The molecule has 0 fully saturated rings. The van der Waals surface area contributed by atoms with Crippen LogP contribution in [0.3, 0.4) is 0 Å². The molecule has 4 heteroatoms. The third-order valence-electron chi connectivity index (χ3n) is 2.88. The van der Waals surface area contributed by atoms with Crippen molar-refractivity contribution in [1.29, 1.82) is 0 Å². The molecule has 0 aliphatic heterocycles. The molecule has 1 atom stereocenters. The number of hydrogen-bond acceptors (Lipinski definition) is 3. The summed E-state index contributed by atoms with van der Waals surface area (Å²) in [7, 11) is 0. The van der Waals surface area contributed by atoms with Crippen molar-refractivity contribution >= 4 is 17.7 Å². The summed E-state index contributed by atoms with van der Waals surface area (Å²) in [5.41, 5.74) is 1.20. The van der Waals surface area contributed by atoms with Crippen molar-refractivity contribution in [2.75, 3.05) is 6.54 Å². The van der Waals surface area contributed by atoms with Crippen LogP contribution in [0.25, 0.3) is 0 Å². The van der Waals surface area contributed by atoms with Crippen molar-refractivity contribution in [1.82, 2.24) is 5.32 Å². The molecular formula is C16H25NO2S. The van der Waals surface area contributed by atoms with Crippen molar-refractivity contribution in [3.05, 3.63) is 29.8 Å². The Morgan fingerprint density at radius 1 is 1.40 bits per heavy atom. The van der Waals surface area contributed by atoms with Gasteiger partial charge in [-0.15, -0.1) is 11.8 Å².